The molecule has 1 aliphatic heterocycles. The summed E-state index contributed by atoms with van der Waals surface area (Å²) in [6, 6.07) is 7.44. The van der Waals surface area contributed by atoms with Gasteiger partial charge in [-0.2, -0.15) is 0 Å². The third kappa shape index (κ3) is 3.32. The fourth-order valence-corrected chi connectivity index (χ4v) is 2.17. The summed E-state index contributed by atoms with van der Waals surface area (Å²) >= 11 is 0. The van der Waals surface area contributed by atoms with E-state index in [2.05, 4.69) is 10.6 Å². The van der Waals surface area contributed by atoms with Crippen molar-refractivity contribution < 1.29 is 9.59 Å². The lowest BCUT2D eigenvalue weighted by atomic mass is 10.2. The molecule has 102 valence electrons. The molecule has 0 aliphatic carbocycles. The molecule has 5 nitrogen and oxygen atoms in total. The fourth-order valence-electron chi connectivity index (χ4n) is 2.17. The van der Waals surface area contributed by atoms with Gasteiger partial charge in [0.05, 0.1) is 11.4 Å². The third-order valence-electron chi connectivity index (χ3n) is 3.14. The smallest absolute Gasteiger partial charge is 0.227 e. The van der Waals surface area contributed by atoms with Gasteiger partial charge in [0, 0.05) is 25.9 Å². The highest BCUT2D eigenvalue weighted by molar-refractivity contribution is 6.02. The number of amides is 2. The Kier molecular flexibility index (Phi) is 4.52. The van der Waals surface area contributed by atoms with E-state index >= 15 is 0 Å². The number of carbonyl (C=O) groups excluding carboxylic acids is 2. The maximum atomic E-state index is 11.8. The molecule has 1 aromatic rings. The van der Waals surface area contributed by atoms with Crippen molar-refractivity contribution in [3.63, 3.8) is 0 Å². The average molecular weight is 261 g/mol. The standard InChI is InChI=1S/C14H19N3O2/c1-15-9-8-13(18)16-11-5-2-3-6-12(11)17-10-4-7-14(17)19/h2-3,5-6,15H,4,7-10H2,1H3,(H,16,18). The molecule has 0 bridgehead atoms. The van der Waals surface area contributed by atoms with Crippen molar-refractivity contribution in [1.82, 2.24) is 5.32 Å². The number of nitrogens with one attached hydrogen (secondary N) is 2. The Morgan fingerprint density at radius 1 is 1.37 bits per heavy atom. The molecule has 0 atom stereocenters. The number of para-hydroxylation sites is 2. The Balaban J connectivity index is 2.12. The predicted molar refractivity (Wildman–Crippen MR) is 75.2 cm³/mol. The largest absolute Gasteiger partial charge is 0.324 e. The Bertz CT molecular complexity index is 474. The van der Waals surface area contributed by atoms with Crippen LogP contribution in [0.5, 0.6) is 0 Å². The summed E-state index contributed by atoms with van der Waals surface area (Å²) in [6.45, 7) is 1.36. The van der Waals surface area contributed by atoms with Crippen molar-refractivity contribution >= 4 is 23.2 Å². The molecule has 19 heavy (non-hydrogen) atoms. The van der Waals surface area contributed by atoms with Crippen molar-refractivity contribution in [2.75, 3.05) is 30.4 Å². The summed E-state index contributed by atoms with van der Waals surface area (Å²) in [5, 5.41) is 5.81. The van der Waals surface area contributed by atoms with Crippen LogP contribution in [0.15, 0.2) is 24.3 Å². The number of benzene rings is 1. The molecule has 2 rings (SSSR count). The molecule has 1 saturated heterocycles. The van der Waals surface area contributed by atoms with Crippen LogP contribution in [0.4, 0.5) is 11.4 Å². The van der Waals surface area contributed by atoms with E-state index in [0.29, 0.717) is 25.1 Å². The van der Waals surface area contributed by atoms with Crippen LogP contribution in [0.3, 0.4) is 0 Å². The van der Waals surface area contributed by atoms with Crippen LogP contribution in [-0.4, -0.2) is 32.0 Å². The van der Waals surface area contributed by atoms with Crippen molar-refractivity contribution in [1.29, 1.82) is 0 Å². The van der Waals surface area contributed by atoms with Gasteiger partial charge < -0.3 is 15.5 Å². The topological polar surface area (TPSA) is 61.4 Å². The number of rotatable bonds is 5. The Morgan fingerprint density at radius 3 is 2.84 bits per heavy atom. The first kappa shape index (κ1) is 13.5. The van der Waals surface area contributed by atoms with E-state index < -0.39 is 0 Å². The van der Waals surface area contributed by atoms with E-state index in [1.165, 1.54) is 0 Å². The number of hydrogen-bond donors (Lipinski definition) is 2. The van der Waals surface area contributed by atoms with Gasteiger partial charge >= 0.3 is 0 Å². The Hall–Kier alpha value is -1.88. The molecular weight excluding hydrogens is 242 g/mol. The molecule has 0 spiro atoms. The zero-order chi connectivity index (χ0) is 13.7. The molecule has 0 unspecified atom stereocenters. The van der Waals surface area contributed by atoms with Crippen LogP contribution in [0.25, 0.3) is 0 Å². The van der Waals surface area contributed by atoms with Crippen LogP contribution in [0.1, 0.15) is 19.3 Å². The third-order valence-corrected chi connectivity index (χ3v) is 3.14. The van der Waals surface area contributed by atoms with Crippen molar-refractivity contribution in [2.45, 2.75) is 19.3 Å². The second kappa shape index (κ2) is 6.33. The summed E-state index contributed by atoms with van der Waals surface area (Å²) in [6.07, 6.45) is 1.88. The maximum Gasteiger partial charge on any atom is 0.227 e. The lowest BCUT2D eigenvalue weighted by Crippen LogP contribution is -2.26. The van der Waals surface area contributed by atoms with Crippen LogP contribution >= 0.6 is 0 Å². The zero-order valence-electron chi connectivity index (χ0n) is 11.1. The quantitative estimate of drug-likeness (QED) is 0.841. The van der Waals surface area contributed by atoms with Gasteiger partial charge in [0.15, 0.2) is 0 Å². The molecule has 1 fully saturated rings. The van der Waals surface area contributed by atoms with Crippen LogP contribution in [-0.2, 0) is 9.59 Å². The second-order valence-corrected chi connectivity index (χ2v) is 4.57. The van der Waals surface area contributed by atoms with Gasteiger partial charge in [0.1, 0.15) is 0 Å². The number of nitrogens with zero attached hydrogens (tertiary/aromatic N) is 1. The Morgan fingerprint density at radius 2 is 2.16 bits per heavy atom. The van der Waals surface area contributed by atoms with E-state index in [0.717, 1.165) is 18.7 Å². The average Bonchev–Trinajstić information content (AvgIpc) is 2.83. The first-order valence-corrected chi connectivity index (χ1v) is 6.56. The minimum Gasteiger partial charge on any atom is -0.324 e. The van der Waals surface area contributed by atoms with Crippen LogP contribution in [0, 0.1) is 0 Å². The van der Waals surface area contributed by atoms with E-state index in [1.807, 2.05) is 31.3 Å². The molecular formula is C14H19N3O2. The Labute approximate surface area is 113 Å². The summed E-state index contributed by atoms with van der Waals surface area (Å²) in [5.74, 6) is 0.0744. The van der Waals surface area contributed by atoms with Gasteiger partial charge in [0.25, 0.3) is 0 Å². The monoisotopic (exact) mass is 261 g/mol. The normalized spacial score (nSPS) is 14.8. The number of carbonyl (C=O) groups is 2. The first-order chi connectivity index (χ1) is 9.22. The van der Waals surface area contributed by atoms with Crippen molar-refractivity contribution in [3.05, 3.63) is 24.3 Å². The van der Waals surface area contributed by atoms with Gasteiger partial charge in [-0.3, -0.25) is 9.59 Å². The molecule has 1 aromatic carbocycles. The van der Waals surface area contributed by atoms with Gasteiger partial charge in [-0.15, -0.1) is 0 Å². The molecule has 1 heterocycles. The summed E-state index contributed by atoms with van der Waals surface area (Å²) in [5.41, 5.74) is 1.50. The molecule has 5 heteroatoms. The lowest BCUT2D eigenvalue weighted by Gasteiger charge is -2.19. The van der Waals surface area contributed by atoms with Gasteiger partial charge in [-0.25, -0.2) is 0 Å². The predicted octanol–water partition coefficient (Wildman–Crippen LogP) is 1.36. The van der Waals surface area contributed by atoms with Gasteiger partial charge in [0.2, 0.25) is 11.8 Å². The first-order valence-electron chi connectivity index (χ1n) is 6.56. The van der Waals surface area contributed by atoms with E-state index in [4.69, 9.17) is 0 Å². The molecule has 0 saturated carbocycles. The summed E-state index contributed by atoms with van der Waals surface area (Å²) in [4.78, 5) is 25.3. The highest BCUT2D eigenvalue weighted by Crippen LogP contribution is 2.29. The number of anilines is 2. The molecule has 1 aliphatic rings. The summed E-state index contributed by atoms with van der Waals surface area (Å²) in [7, 11) is 1.81. The van der Waals surface area contributed by atoms with Crippen molar-refractivity contribution in [3.8, 4) is 0 Å². The maximum absolute atomic E-state index is 11.8. The van der Waals surface area contributed by atoms with Crippen LogP contribution in [0.2, 0.25) is 0 Å². The summed E-state index contributed by atoms with van der Waals surface area (Å²) < 4.78 is 0. The number of hydrogen-bond acceptors (Lipinski definition) is 3. The van der Waals surface area contributed by atoms with Gasteiger partial charge in [-0.1, -0.05) is 12.1 Å². The van der Waals surface area contributed by atoms with E-state index in [-0.39, 0.29) is 11.8 Å². The second-order valence-electron chi connectivity index (χ2n) is 4.57. The van der Waals surface area contributed by atoms with E-state index in [1.54, 1.807) is 4.90 Å². The zero-order valence-corrected chi connectivity index (χ0v) is 11.1. The highest BCUT2D eigenvalue weighted by atomic mass is 16.2. The van der Waals surface area contributed by atoms with Crippen molar-refractivity contribution in [2.24, 2.45) is 0 Å². The minimum absolute atomic E-state index is 0.0477. The molecule has 2 N–H and O–H groups in total. The fraction of sp³-hybridized carbons (Fsp3) is 0.429. The molecule has 0 aromatic heterocycles. The molecule has 2 amide bonds. The van der Waals surface area contributed by atoms with E-state index in [9.17, 15) is 9.59 Å². The SMILES string of the molecule is CNCCC(=O)Nc1ccccc1N1CCCC1=O. The van der Waals surface area contributed by atoms with Crippen LogP contribution < -0.4 is 15.5 Å². The van der Waals surface area contributed by atoms with Gasteiger partial charge in [-0.05, 0) is 25.6 Å². The molecule has 0 radical (unpaired) electrons. The highest BCUT2D eigenvalue weighted by Gasteiger charge is 2.23. The minimum atomic E-state index is -0.0477. The lowest BCUT2D eigenvalue weighted by molar-refractivity contribution is -0.117.